The zero-order chi connectivity index (χ0) is 49.0. The third-order valence-corrected chi connectivity index (χ3v) is 13.8. The van der Waals surface area contributed by atoms with Crippen LogP contribution in [-0.4, -0.2) is 138 Å². The second-order valence-electron chi connectivity index (χ2n) is 17.7. The highest BCUT2D eigenvalue weighted by Crippen LogP contribution is 2.46. The lowest BCUT2D eigenvalue weighted by Gasteiger charge is -2.46. The van der Waals surface area contributed by atoms with E-state index in [9.17, 15) is 9.59 Å². The van der Waals surface area contributed by atoms with Gasteiger partial charge < -0.3 is 61.1 Å². The molecule has 15 heteroatoms. The van der Waals surface area contributed by atoms with Crippen LogP contribution in [0.15, 0.2) is 66.7 Å². The highest BCUT2D eigenvalue weighted by atomic mass is 16.5. The van der Waals surface area contributed by atoms with E-state index in [0.717, 1.165) is 78.8 Å². The first-order valence-corrected chi connectivity index (χ1v) is 23.0. The molecular formula is C53H70N2O13+2. The van der Waals surface area contributed by atoms with Gasteiger partial charge in [0.2, 0.25) is 5.75 Å². The van der Waals surface area contributed by atoms with Crippen LogP contribution in [0.1, 0.15) is 58.3 Å². The van der Waals surface area contributed by atoms with Gasteiger partial charge in [0, 0.05) is 61.8 Å². The standard InChI is InChI=1S/C53H70N2O13/c1-54(22-18-37-31-45(60-5)47(62-7)33-39(37)41(54)26-35-14-15-43(58-3)44(28-35)59-4)20-12-24-67-51(56)16-17-52(57)68-25-13-21-55(2)23-19-38-32-46(61-6)48(63-8)34-40(38)42(55)27-36-29-49(64-9)53(66-11)50(30-36)65-10/h14-17,28-34,41-42H,12-13,18-27H2,1-11H3/q+2/b17-16+/t41-,42-,54?,55-/m1/s1. The van der Waals surface area contributed by atoms with E-state index in [1.807, 2.05) is 24.3 Å². The Morgan fingerprint density at radius 3 is 1.28 bits per heavy atom. The SMILES string of the molecule is COc1ccc(C[C@@H]2c3cc(OC)c(OC)cc3CC[N+]2(C)CCCOC(=O)/C=C/C(=O)OCCC[N@+]2(C)CCc3cc(OC)c(OC)cc3[C@H]2Cc2cc(OC)c(OC)c(OC)c2)cc1OC. The summed E-state index contributed by atoms with van der Waals surface area (Å²) in [6.07, 6.45) is 6.58. The van der Waals surface area contributed by atoms with Crippen LogP contribution in [-0.2, 0) is 44.7 Å². The van der Waals surface area contributed by atoms with Gasteiger partial charge in [-0.3, -0.25) is 0 Å². The number of likely N-dealkylation sites (N-methyl/N-ethyl adjacent to an activating group) is 2. The minimum atomic E-state index is -0.602. The number of rotatable bonds is 23. The molecule has 2 aliphatic rings. The molecule has 4 aromatic carbocycles. The highest BCUT2D eigenvalue weighted by Gasteiger charge is 2.41. The molecule has 2 heterocycles. The first kappa shape index (κ1) is 51.1. The summed E-state index contributed by atoms with van der Waals surface area (Å²) in [5.74, 6) is 4.60. The lowest BCUT2D eigenvalue weighted by atomic mass is 9.86. The van der Waals surface area contributed by atoms with Gasteiger partial charge >= 0.3 is 11.9 Å². The fourth-order valence-electron chi connectivity index (χ4n) is 9.99. The van der Waals surface area contributed by atoms with Crippen LogP contribution >= 0.6 is 0 Å². The molecule has 2 aliphatic heterocycles. The predicted octanol–water partition coefficient (Wildman–Crippen LogP) is 7.46. The Kier molecular flexibility index (Phi) is 17.4. The minimum absolute atomic E-state index is 0.0122. The van der Waals surface area contributed by atoms with Crippen LogP contribution in [0, 0.1) is 0 Å². The Morgan fingerprint density at radius 2 is 0.868 bits per heavy atom. The maximum Gasteiger partial charge on any atom is 0.331 e. The van der Waals surface area contributed by atoms with Crippen LogP contribution in [0.5, 0.6) is 51.7 Å². The number of carbonyl (C=O) groups is 2. The van der Waals surface area contributed by atoms with Crippen molar-refractivity contribution in [3.63, 3.8) is 0 Å². The van der Waals surface area contributed by atoms with Crippen LogP contribution < -0.4 is 42.6 Å². The van der Waals surface area contributed by atoms with E-state index in [1.165, 1.54) is 16.7 Å². The molecule has 368 valence electrons. The fourth-order valence-corrected chi connectivity index (χ4v) is 9.99. The quantitative estimate of drug-likeness (QED) is 0.0316. The van der Waals surface area contributed by atoms with Crippen LogP contribution in [0.4, 0.5) is 0 Å². The Bertz CT molecular complexity index is 2390. The third-order valence-electron chi connectivity index (χ3n) is 13.8. The molecule has 68 heavy (non-hydrogen) atoms. The van der Waals surface area contributed by atoms with Crippen LogP contribution in [0.3, 0.4) is 0 Å². The van der Waals surface area contributed by atoms with Crippen molar-refractivity contribution in [2.45, 2.75) is 50.6 Å². The van der Waals surface area contributed by atoms with Gasteiger partial charge in [-0.2, -0.15) is 0 Å². The lowest BCUT2D eigenvalue weighted by Crippen LogP contribution is -2.52. The first-order valence-electron chi connectivity index (χ1n) is 23.0. The van der Waals surface area contributed by atoms with E-state index in [-0.39, 0.29) is 25.3 Å². The maximum absolute atomic E-state index is 12.9. The summed E-state index contributed by atoms with van der Waals surface area (Å²) in [4.78, 5) is 25.7. The monoisotopic (exact) mass is 942 g/mol. The van der Waals surface area contributed by atoms with E-state index < -0.39 is 11.9 Å². The van der Waals surface area contributed by atoms with Crippen LogP contribution in [0.2, 0.25) is 0 Å². The molecule has 0 spiro atoms. The maximum atomic E-state index is 12.9. The summed E-state index contributed by atoms with van der Waals surface area (Å²) < 4.78 is 63.5. The molecule has 0 bridgehead atoms. The molecular weight excluding hydrogens is 873 g/mol. The summed E-state index contributed by atoms with van der Waals surface area (Å²) in [5.41, 5.74) is 6.90. The number of hydrogen-bond acceptors (Lipinski definition) is 13. The highest BCUT2D eigenvalue weighted by molar-refractivity contribution is 5.91. The second-order valence-corrected chi connectivity index (χ2v) is 17.7. The normalized spacial score (nSPS) is 19.5. The van der Waals surface area contributed by atoms with Gasteiger partial charge in [-0.25, -0.2) is 9.59 Å². The number of fused-ring (bicyclic) bond motifs is 2. The molecule has 4 atom stereocenters. The molecule has 0 saturated heterocycles. The van der Waals surface area contributed by atoms with E-state index in [1.54, 1.807) is 64.0 Å². The van der Waals surface area contributed by atoms with Crippen molar-refractivity contribution in [2.75, 3.05) is 117 Å². The van der Waals surface area contributed by atoms with Gasteiger partial charge in [0.25, 0.3) is 0 Å². The van der Waals surface area contributed by atoms with Crippen molar-refractivity contribution in [1.82, 2.24) is 0 Å². The number of ether oxygens (including phenoxy) is 11. The summed E-state index contributed by atoms with van der Waals surface area (Å²) >= 11 is 0. The molecule has 0 amide bonds. The van der Waals surface area contributed by atoms with Gasteiger partial charge in [-0.15, -0.1) is 0 Å². The molecule has 0 fully saturated rings. The lowest BCUT2D eigenvalue weighted by molar-refractivity contribution is -0.941. The molecule has 0 saturated carbocycles. The second kappa shape index (κ2) is 23.1. The van der Waals surface area contributed by atoms with Gasteiger partial charge in [-0.1, -0.05) is 6.07 Å². The predicted molar refractivity (Wildman–Crippen MR) is 257 cm³/mol. The van der Waals surface area contributed by atoms with Gasteiger partial charge in [-0.05, 0) is 70.8 Å². The van der Waals surface area contributed by atoms with Crippen molar-refractivity contribution in [3.05, 3.63) is 100 Å². The van der Waals surface area contributed by atoms with Crippen molar-refractivity contribution in [3.8, 4) is 51.7 Å². The van der Waals surface area contributed by atoms with Crippen LogP contribution in [0.25, 0.3) is 0 Å². The topological polar surface area (TPSA) is 136 Å². The zero-order valence-electron chi connectivity index (χ0n) is 41.7. The molecule has 15 nitrogen and oxygen atoms in total. The summed E-state index contributed by atoms with van der Waals surface area (Å²) in [6.45, 7) is 3.59. The van der Waals surface area contributed by atoms with E-state index in [4.69, 9.17) is 52.1 Å². The number of quaternary nitrogens is 2. The number of carbonyl (C=O) groups excluding carboxylic acids is 2. The fraction of sp³-hybridized carbons (Fsp3) is 0.472. The minimum Gasteiger partial charge on any atom is -0.493 e. The molecule has 6 rings (SSSR count). The summed E-state index contributed by atoms with van der Waals surface area (Å²) in [6, 6.07) is 18.4. The zero-order valence-corrected chi connectivity index (χ0v) is 41.7. The van der Waals surface area contributed by atoms with Gasteiger partial charge in [0.15, 0.2) is 46.0 Å². The molecule has 4 aromatic rings. The number of methoxy groups -OCH3 is 9. The van der Waals surface area contributed by atoms with E-state index in [0.29, 0.717) is 75.5 Å². The van der Waals surface area contributed by atoms with E-state index in [2.05, 4.69) is 44.4 Å². The number of nitrogens with zero attached hydrogens (tertiary/aromatic N) is 2. The molecule has 0 N–H and O–H groups in total. The smallest absolute Gasteiger partial charge is 0.331 e. The number of hydrogen-bond donors (Lipinski definition) is 0. The molecule has 0 aromatic heterocycles. The average molecular weight is 943 g/mol. The summed E-state index contributed by atoms with van der Waals surface area (Å²) in [5, 5.41) is 0. The van der Waals surface area contributed by atoms with E-state index >= 15 is 0 Å². The molecule has 0 radical (unpaired) electrons. The van der Waals surface area contributed by atoms with Gasteiger partial charge in [0.1, 0.15) is 12.1 Å². The largest absolute Gasteiger partial charge is 0.493 e. The molecule has 1 unspecified atom stereocenters. The van der Waals surface area contributed by atoms with Crippen molar-refractivity contribution in [1.29, 1.82) is 0 Å². The number of esters is 2. The van der Waals surface area contributed by atoms with Crippen molar-refractivity contribution >= 4 is 11.9 Å². The summed E-state index contributed by atoms with van der Waals surface area (Å²) in [7, 11) is 19.2. The van der Waals surface area contributed by atoms with Gasteiger partial charge in [0.05, 0.1) is 117 Å². The Hall–Kier alpha value is -6.32. The molecule has 0 aliphatic carbocycles. The first-order chi connectivity index (χ1) is 32.8. The Morgan fingerprint density at radius 1 is 0.485 bits per heavy atom. The number of benzene rings is 4. The van der Waals surface area contributed by atoms with Crippen molar-refractivity contribution < 1.29 is 70.7 Å². The van der Waals surface area contributed by atoms with Crippen molar-refractivity contribution in [2.24, 2.45) is 0 Å². The third kappa shape index (κ3) is 11.5. The Balaban J connectivity index is 1.05. The Labute approximate surface area is 401 Å². The average Bonchev–Trinajstić information content (AvgIpc) is 3.36.